The third-order valence-corrected chi connectivity index (χ3v) is 5.92. The summed E-state index contributed by atoms with van der Waals surface area (Å²) in [5.74, 6) is 0.170. The standard InChI is InChI=1S/C23H22N2O2S/c26-22(17-21-10-5-15-28-21)24-11-13-25(14-12-24)23(27)20-9-4-8-19(16-20)18-6-2-1-3-7-18/h1-10,15-16H,11-14,17H2. The molecule has 4 nitrogen and oxygen atoms in total. The summed E-state index contributed by atoms with van der Waals surface area (Å²) in [4.78, 5) is 30.2. The lowest BCUT2D eigenvalue weighted by Crippen LogP contribution is -2.50. The van der Waals surface area contributed by atoms with Crippen LogP contribution in [0.5, 0.6) is 0 Å². The van der Waals surface area contributed by atoms with Crippen LogP contribution >= 0.6 is 11.3 Å². The van der Waals surface area contributed by atoms with Gasteiger partial charge < -0.3 is 9.80 Å². The van der Waals surface area contributed by atoms with E-state index in [9.17, 15) is 9.59 Å². The molecule has 3 aromatic rings. The molecule has 1 saturated heterocycles. The summed E-state index contributed by atoms with van der Waals surface area (Å²) in [5, 5.41) is 1.99. The van der Waals surface area contributed by atoms with Crippen LogP contribution < -0.4 is 0 Å². The minimum Gasteiger partial charge on any atom is -0.339 e. The molecule has 0 saturated carbocycles. The molecular formula is C23H22N2O2S. The number of nitrogens with zero attached hydrogens (tertiary/aromatic N) is 2. The Morgan fingerprint density at radius 3 is 2.21 bits per heavy atom. The number of piperazine rings is 1. The van der Waals surface area contributed by atoms with Gasteiger partial charge >= 0.3 is 0 Å². The van der Waals surface area contributed by atoms with Crippen molar-refractivity contribution in [1.82, 2.24) is 9.80 Å². The van der Waals surface area contributed by atoms with Gasteiger partial charge in [0.15, 0.2) is 0 Å². The number of carbonyl (C=O) groups is 2. The molecule has 5 heteroatoms. The highest BCUT2D eigenvalue weighted by atomic mass is 32.1. The van der Waals surface area contributed by atoms with E-state index >= 15 is 0 Å². The minimum atomic E-state index is 0.0307. The zero-order valence-electron chi connectivity index (χ0n) is 15.6. The van der Waals surface area contributed by atoms with E-state index < -0.39 is 0 Å². The second-order valence-electron chi connectivity index (χ2n) is 6.88. The Kier molecular flexibility index (Phi) is 5.53. The van der Waals surface area contributed by atoms with Gasteiger partial charge in [-0.05, 0) is 34.7 Å². The van der Waals surface area contributed by atoms with E-state index in [1.54, 1.807) is 11.3 Å². The summed E-state index contributed by atoms with van der Waals surface area (Å²) in [6, 6.07) is 21.8. The van der Waals surface area contributed by atoms with Crippen LogP contribution in [0.1, 0.15) is 15.2 Å². The monoisotopic (exact) mass is 390 g/mol. The summed E-state index contributed by atoms with van der Waals surface area (Å²) in [6.45, 7) is 2.33. The summed E-state index contributed by atoms with van der Waals surface area (Å²) in [7, 11) is 0. The highest BCUT2D eigenvalue weighted by molar-refractivity contribution is 7.10. The number of rotatable bonds is 4. The molecule has 1 aliphatic heterocycles. The third kappa shape index (κ3) is 4.15. The van der Waals surface area contributed by atoms with Crippen LogP contribution in [0.3, 0.4) is 0 Å². The maximum absolute atomic E-state index is 12.9. The lowest BCUT2D eigenvalue weighted by atomic mass is 10.0. The number of amides is 2. The van der Waals surface area contributed by atoms with Crippen LogP contribution in [-0.2, 0) is 11.2 Å². The largest absolute Gasteiger partial charge is 0.339 e. The Hall–Kier alpha value is -2.92. The van der Waals surface area contributed by atoms with Crippen LogP contribution in [0.15, 0.2) is 72.1 Å². The van der Waals surface area contributed by atoms with Gasteiger partial charge in [-0.3, -0.25) is 9.59 Å². The van der Waals surface area contributed by atoms with Gasteiger partial charge in [-0.1, -0.05) is 48.5 Å². The zero-order valence-corrected chi connectivity index (χ0v) is 16.4. The molecule has 142 valence electrons. The molecule has 2 heterocycles. The molecule has 2 amide bonds. The van der Waals surface area contributed by atoms with Crippen molar-refractivity contribution < 1.29 is 9.59 Å². The zero-order chi connectivity index (χ0) is 19.3. The van der Waals surface area contributed by atoms with Gasteiger partial charge in [0.05, 0.1) is 6.42 Å². The van der Waals surface area contributed by atoms with Gasteiger partial charge in [0.1, 0.15) is 0 Å². The number of thiophene rings is 1. The molecule has 2 aromatic carbocycles. The van der Waals surface area contributed by atoms with Gasteiger partial charge in [-0.25, -0.2) is 0 Å². The fraction of sp³-hybridized carbons (Fsp3) is 0.217. The van der Waals surface area contributed by atoms with E-state index in [-0.39, 0.29) is 11.8 Å². The van der Waals surface area contributed by atoms with Crippen LogP contribution in [0, 0.1) is 0 Å². The Labute approximate surface area is 169 Å². The molecule has 0 bridgehead atoms. The summed E-state index contributed by atoms with van der Waals surface area (Å²) in [6.07, 6.45) is 0.449. The van der Waals surface area contributed by atoms with Crippen LogP contribution in [0.2, 0.25) is 0 Å². The molecule has 0 atom stereocenters. The number of benzene rings is 2. The van der Waals surface area contributed by atoms with Crippen LogP contribution in [-0.4, -0.2) is 47.8 Å². The third-order valence-electron chi connectivity index (χ3n) is 5.04. The molecule has 4 rings (SSSR count). The molecule has 0 spiro atoms. The van der Waals surface area contributed by atoms with Crippen LogP contribution in [0.4, 0.5) is 0 Å². The predicted octanol–water partition coefficient (Wildman–Crippen LogP) is 3.94. The normalized spacial score (nSPS) is 14.1. The Bertz CT molecular complexity index is 946. The van der Waals surface area contributed by atoms with Gasteiger partial charge in [-0.2, -0.15) is 0 Å². The van der Waals surface area contributed by atoms with Gasteiger partial charge in [0.25, 0.3) is 5.91 Å². The highest BCUT2D eigenvalue weighted by Gasteiger charge is 2.25. The fourth-order valence-electron chi connectivity index (χ4n) is 3.48. The van der Waals surface area contributed by atoms with Crippen molar-refractivity contribution in [1.29, 1.82) is 0 Å². The second-order valence-corrected chi connectivity index (χ2v) is 7.91. The SMILES string of the molecule is O=C(Cc1cccs1)N1CCN(C(=O)c2cccc(-c3ccccc3)c2)CC1. The molecule has 1 aromatic heterocycles. The minimum absolute atomic E-state index is 0.0307. The Morgan fingerprint density at radius 2 is 1.50 bits per heavy atom. The van der Waals surface area contributed by atoms with Crippen molar-refractivity contribution in [2.24, 2.45) is 0 Å². The highest BCUT2D eigenvalue weighted by Crippen LogP contribution is 2.21. The molecule has 1 fully saturated rings. The maximum atomic E-state index is 12.9. The topological polar surface area (TPSA) is 40.6 Å². The first-order valence-electron chi connectivity index (χ1n) is 9.45. The molecule has 1 aliphatic rings. The maximum Gasteiger partial charge on any atom is 0.253 e. The lowest BCUT2D eigenvalue weighted by Gasteiger charge is -2.35. The van der Waals surface area contributed by atoms with Crippen molar-refractivity contribution in [3.63, 3.8) is 0 Å². The van der Waals surface area contributed by atoms with Crippen molar-refractivity contribution in [3.05, 3.63) is 82.6 Å². The van der Waals surface area contributed by atoms with Gasteiger partial charge in [0.2, 0.25) is 5.91 Å². The predicted molar refractivity (Wildman–Crippen MR) is 112 cm³/mol. The second kappa shape index (κ2) is 8.40. The molecule has 28 heavy (non-hydrogen) atoms. The van der Waals surface area contributed by atoms with Gasteiger partial charge in [0, 0.05) is 36.6 Å². The van der Waals surface area contributed by atoms with E-state index in [1.807, 2.05) is 81.9 Å². The van der Waals surface area contributed by atoms with E-state index in [1.165, 1.54) is 0 Å². The summed E-state index contributed by atoms with van der Waals surface area (Å²) >= 11 is 1.61. The average Bonchev–Trinajstić information content (AvgIpc) is 3.27. The van der Waals surface area contributed by atoms with Gasteiger partial charge in [-0.15, -0.1) is 11.3 Å². The van der Waals surface area contributed by atoms with E-state index in [2.05, 4.69) is 0 Å². The lowest BCUT2D eigenvalue weighted by molar-refractivity contribution is -0.131. The molecule has 0 unspecified atom stereocenters. The van der Waals surface area contributed by atoms with Crippen molar-refractivity contribution >= 4 is 23.2 Å². The van der Waals surface area contributed by atoms with E-state index in [0.717, 1.165) is 16.0 Å². The van der Waals surface area contributed by atoms with Crippen molar-refractivity contribution in [2.75, 3.05) is 26.2 Å². The Morgan fingerprint density at radius 1 is 0.786 bits per heavy atom. The quantitative estimate of drug-likeness (QED) is 0.677. The number of hydrogen-bond acceptors (Lipinski definition) is 3. The average molecular weight is 391 g/mol. The number of hydrogen-bond donors (Lipinski definition) is 0. The summed E-state index contributed by atoms with van der Waals surface area (Å²) < 4.78 is 0. The molecule has 0 radical (unpaired) electrons. The first-order chi connectivity index (χ1) is 13.7. The van der Waals surface area contributed by atoms with E-state index in [0.29, 0.717) is 38.2 Å². The first kappa shape index (κ1) is 18.4. The Balaban J connectivity index is 1.38. The smallest absolute Gasteiger partial charge is 0.253 e. The fourth-order valence-corrected chi connectivity index (χ4v) is 4.17. The molecular weight excluding hydrogens is 368 g/mol. The number of carbonyl (C=O) groups excluding carboxylic acids is 2. The van der Waals surface area contributed by atoms with Crippen LogP contribution in [0.25, 0.3) is 11.1 Å². The van der Waals surface area contributed by atoms with Crippen molar-refractivity contribution in [3.8, 4) is 11.1 Å². The van der Waals surface area contributed by atoms with E-state index in [4.69, 9.17) is 0 Å². The first-order valence-corrected chi connectivity index (χ1v) is 10.3. The molecule has 0 N–H and O–H groups in total. The summed E-state index contributed by atoms with van der Waals surface area (Å²) in [5.41, 5.74) is 2.83. The van der Waals surface area contributed by atoms with Crippen molar-refractivity contribution in [2.45, 2.75) is 6.42 Å². The molecule has 0 aliphatic carbocycles.